The number of aryl methyl sites for hydroxylation is 1. The van der Waals surface area contributed by atoms with E-state index in [0.717, 1.165) is 6.54 Å². The Morgan fingerprint density at radius 3 is 2.90 bits per heavy atom. The Bertz CT molecular complexity index is 746. The predicted molar refractivity (Wildman–Crippen MR) is 79.0 cm³/mol. The van der Waals surface area contributed by atoms with Crippen LogP contribution in [0.4, 0.5) is 0 Å². The van der Waals surface area contributed by atoms with Crippen molar-refractivity contribution in [1.29, 1.82) is 0 Å². The molecular weight excluding hydrogens is 248 g/mol. The molecule has 0 aliphatic carbocycles. The fraction of sp³-hybridized carbons (Fsp3) is 0.438. The highest BCUT2D eigenvalue weighted by atomic mass is 15.2. The largest absolute Gasteiger partial charge is 0.368 e. The third-order valence-corrected chi connectivity index (χ3v) is 4.55. The lowest BCUT2D eigenvalue weighted by Gasteiger charge is -2.10. The molecule has 1 saturated heterocycles. The van der Waals surface area contributed by atoms with Gasteiger partial charge in [-0.2, -0.15) is 4.40 Å². The standard InChI is InChI=1S/C16H20N4/c1-13-12-20-15-7-3-2-6-14(15)19(16(20)17-13)11-10-18-8-4-5-9-18/h2-3,6-7,12H,4-5,8-11H2,1H3/p+2. The van der Waals surface area contributed by atoms with E-state index < -0.39 is 0 Å². The second kappa shape index (κ2) is 4.63. The van der Waals surface area contributed by atoms with Crippen molar-refractivity contribution in [1.82, 2.24) is 9.38 Å². The van der Waals surface area contributed by atoms with E-state index in [0.29, 0.717) is 0 Å². The lowest BCUT2D eigenvalue weighted by Crippen LogP contribution is -3.10. The maximum atomic E-state index is 3.51. The average Bonchev–Trinajstić information content (AvgIpc) is 3.13. The molecule has 1 aromatic carbocycles. The molecule has 104 valence electrons. The Balaban J connectivity index is 1.77. The summed E-state index contributed by atoms with van der Waals surface area (Å²) in [5, 5.41) is 0. The van der Waals surface area contributed by atoms with Crippen LogP contribution in [0.3, 0.4) is 0 Å². The van der Waals surface area contributed by atoms with E-state index in [4.69, 9.17) is 0 Å². The van der Waals surface area contributed by atoms with Crippen molar-refractivity contribution in [3.8, 4) is 0 Å². The molecule has 0 amide bonds. The lowest BCUT2D eigenvalue weighted by molar-refractivity contribution is -0.904. The van der Waals surface area contributed by atoms with Crippen LogP contribution in [0, 0.1) is 6.92 Å². The van der Waals surface area contributed by atoms with Crippen molar-refractivity contribution in [3.05, 3.63) is 36.2 Å². The van der Waals surface area contributed by atoms with Crippen LogP contribution in [0.1, 0.15) is 18.5 Å². The number of quaternary nitrogens is 1. The van der Waals surface area contributed by atoms with Crippen molar-refractivity contribution in [2.45, 2.75) is 26.3 Å². The number of nitrogens with zero attached hydrogens (tertiary/aromatic N) is 2. The molecule has 0 bridgehead atoms. The molecule has 1 aliphatic heterocycles. The highest BCUT2D eigenvalue weighted by molar-refractivity contribution is 5.74. The first-order valence-electron chi connectivity index (χ1n) is 7.65. The average molecular weight is 270 g/mol. The first kappa shape index (κ1) is 12.0. The number of aromatic amines is 1. The van der Waals surface area contributed by atoms with Gasteiger partial charge in [0.05, 0.1) is 13.1 Å². The zero-order valence-electron chi connectivity index (χ0n) is 12.0. The fourth-order valence-electron chi connectivity index (χ4n) is 3.54. The number of H-pyrrole nitrogens is 1. The third kappa shape index (κ3) is 1.83. The lowest BCUT2D eigenvalue weighted by atomic mass is 10.3. The molecule has 1 aliphatic rings. The molecule has 0 atom stereocenters. The summed E-state index contributed by atoms with van der Waals surface area (Å²) in [6.07, 6.45) is 4.98. The summed E-state index contributed by atoms with van der Waals surface area (Å²) in [5.41, 5.74) is 3.84. The van der Waals surface area contributed by atoms with E-state index in [1.165, 1.54) is 55.0 Å². The Hall–Kier alpha value is -1.81. The van der Waals surface area contributed by atoms with Crippen LogP contribution in [0.5, 0.6) is 0 Å². The van der Waals surface area contributed by atoms with Crippen molar-refractivity contribution in [2.24, 2.45) is 0 Å². The maximum absolute atomic E-state index is 3.51. The van der Waals surface area contributed by atoms with Crippen LogP contribution in [-0.2, 0) is 6.54 Å². The van der Waals surface area contributed by atoms with E-state index in [2.05, 4.69) is 51.3 Å². The summed E-state index contributed by atoms with van der Waals surface area (Å²) in [4.78, 5) is 5.26. The van der Waals surface area contributed by atoms with Crippen LogP contribution in [0.2, 0.25) is 0 Å². The number of likely N-dealkylation sites (tertiary alicyclic amines) is 1. The topological polar surface area (TPSA) is 28.5 Å². The molecule has 3 heterocycles. The Kier molecular flexibility index (Phi) is 2.77. The van der Waals surface area contributed by atoms with Gasteiger partial charge in [0, 0.05) is 12.8 Å². The second-order valence-electron chi connectivity index (χ2n) is 5.98. The minimum atomic E-state index is 1.09. The number of nitrogens with one attached hydrogen (secondary N) is 2. The molecule has 4 rings (SSSR count). The molecule has 0 radical (unpaired) electrons. The Morgan fingerprint density at radius 2 is 2.05 bits per heavy atom. The Morgan fingerprint density at radius 1 is 1.25 bits per heavy atom. The number of benzene rings is 1. The van der Waals surface area contributed by atoms with Gasteiger partial charge >= 0.3 is 5.78 Å². The molecule has 20 heavy (non-hydrogen) atoms. The number of fused-ring (bicyclic) bond motifs is 3. The molecule has 4 nitrogen and oxygen atoms in total. The smallest absolute Gasteiger partial charge is 0.332 e. The zero-order valence-corrected chi connectivity index (χ0v) is 12.0. The Labute approximate surface area is 118 Å². The molecule has 3 aromatic rings. The summed E-state index contributed by atoms with van der Waals surface area (Å²) >= 11 is 0. The van der Waals surface area contributed by atoms with Crippen molar-refractivity contribution in [3.63, 3.8) is 0 Å². The fourth-order valence-corrected chi connectivity index (χ4v) is 3.54. The van der Waals surface area contributed by atoms with E-state index in [1.807, 2.05) is 0 Å². The first-order chi connectivity index (χ1) is 9.83. The molecule has 1 fully saturated rings. The SMILES string of the molecule is Cc1cn2c3ccccc3[n+](CC[NH+]3CCCC3)c2[nH]1. The van der Waals surface area contributed by atoms with Gasteiger partial charge in [-0.1, -0.05) is 12.1 Å². The van der Waals surface area contributed by atoms with Gasteiger partial charge in [0.25, 0.3) is 0 Å². The van der Waals surface area contributed by atoms with Crippen molar-refractivity contribution >= 4 is 16.8 Å². The number of hydrogen-bond donors (Lipinski definition) is 2. The van der Waals surface area contributed by atoms with E-state index in [9.17, 15) is 0 Å². The van der Waals surface area contributed by atoms with Gasteiger partial charge < -0.3 is 4.90 Å². The summed E-state index contributed by atoms with van der Waals surface area (Å²) in [5.74, 6) is 1.21. The minimum Gasteiger partial charge on any atom is -0.332 e. The maximum Gasteiger partial charge on any atom is 0.368 e. The third-order valence-electron chi connectivity index (χ3n) is 4.55. The van der Waals surface area contributed by atoms with Crippen LogP contribution < -0.4 is 9.47 Å². The van der Waals surface area contributed by atoms with Gasteiger partial charge in [-0.15, -0.1) is 0 Å². The van der Waals surface area contributed by atoms with Crippen LogP contribution in [0.15, 0.2) is 30.5 Å². The van der Waals surface area contributed by atoms with Gasteiger partial charge in [-0.05, 0) is 19.1 Å². The summed E-state index contributed by atoms with van der Waals surface area (Å²) in [6, 6.07) is 8.68. The van der Waals surface area contributed by atoms with Gasteiger partial charge in [-0.3, -0.25) is 0 Å². The van der Waals surface area contributed by atoms with Crippen LogP contribution in [0.25, 0.3) is 16.8 Å². The number of hydrogen-bond acceptors (Lipinski definition) is 0. The molecule has 4 heteroatoms. The molecule has 0 saturated carbocycles. The van der Waals surface area contributed by atoms with Gasteiger partial charge in [0.1, 0.15) is 36.0 Å². The van der Waals surface area contributed by atoms with E-state index in [1.54, 1.807) is 4.90 Å². The summed E-state index contributed by atoms with van der Waals surface area (Å²) in [7, 11) is 0. The molecule has 2 N–H and O–H groups in total. The van der Waals surface area contributed by atoms with Crippen LogP contribution >= 0.6 is 0 Å². The van der Waals surface area contributed by atoms with Gasteiger partial charge in [0.2, 0.25) is 0 Å². The van der Waals surface area contributed by atoms with Crippen LogP contribution in [-0.4, -0.2) is 29.0 Å². The molecule has 0 spiro atoms. The molecular formula is C16H22N4+2. The second-order valence-corrected chi connectivity index (χ2v) is 5.98. The number of para-hydroxylation sites is 2. The zero-order chi connectivity index (χ0) is 13.5. The van der Waals surface area contributed by atoms with E-state index >= 15 is 0 Å². The number of rotatable bonds is 3. The predicted octanol–water partition coefficient (Wildman–Crippen LogP) is 0.695. The quantitative estimate of drug-likeness (QED) is 0.656. The monoisotopic (exact) mass is 270 g/mol. The van der Waals surface area contributed by atoms with Gasteiger partial charge in [0.15, 0.2) is 0 Å². The highest BCUT2D eigenvalue weighted by Crippen LogP contribution is 2.14. The summed E-state index contributed by atoms with van der Waals surface area (Å²) in [6.45, 7) is 7.13. The number of aromatic nitrogens is 3. The molecule has 2 aromatic heterocycles. The number of imidazole rings is 2. The minimum absolute atomic E-state index is 1.09. The van der Waals surface area contributed by atoms with Crippen molar-refractivity contribution < 1.29 is 9.47 Å². The first-order valence-corrected chi connectivity index (χ1v) is 7.65. The molecule has 0 unspecified atom stereocenters. The van der Waals surface area contributed by atoms with Crippen molar-refractivity contribution in [2.75, 3.05) is 19.6 Å². The summed E-state index contributed by atoms with van der Waals surface area (Å²) < 4.78 is 4.72. The van der Waals surface area contributed by atoms with E-state index in [-0.39, 0.29) is 0 Å². The van der Waals surface area contributed by atoms with Gasteiger partial charge in [-0.25, -0.2) is 9.55 Å². The highest BCUT2D eigenvalue weighted by Gasteiger charge is 2.22. The normalized spacial score (nSPS) is 16.6.